The summed E-state index contributed by atoms with van der Waals surface area (Å²) in [5.74, 6) is 1.16. The third kappa shape index (κ3) is 3.67. The Morgan fingerprint density at radius 2 is 2.06 bits per heavy atom. The Morgan fingerprint density at radius 1 is 1.28 bits per heavy atom. The van der Waals surface area contributed by atoms with Gasteiger partial charge in [-0.15, -0.1) is 0 Å². The summed E-state index contributed by atoms with van der Waals surface area (Å²) >= 11 is 0. The topological polar surface area (TPSA) is 55.2 Å². The molecule has 0 aromatic carbocycles. The van der Waals surface area contributed by atoms with Crippen molar-refractivity contribution in [2.75, 3.05) is 6.61 Å². The molecule has 1 saturated carbocycles. The second kappa shape index (κ2) is 6.69. The van der Waals surface area contributed by atoms with E-state index in [-0.39, 0.29) is 6.10 Å². The molecule has 0 saturated heterocycles. The molecular formula is C14H22N2O2. The van der Waals surface area contributed by atoms with Crippen molar-refractivity contribution < 1.29 is 9.84 Å². The highest BCUT2D eigenvalue weighted by atomic mass is 16.5. The van der Waals surface area contributed by atoms with Gasteiger partial charge in [0.05, 0.1) is 0 Å². The zero-order chi connectivity index (χ0) is 12.8. The molecule has 2 rings (SSSR count). The molecule has 0 unspecified atom stereocenters. The third-order valence-corrected chi connectivity index (χ3v) is 3.54. The fourth-order valence-corrected chi connectivity index (χ4v) is 2.44. The Kier molecular flexibility index (Phi) is 4.93. The van der Waals surface area contributed by atoms with Gasteiger partial charge in [0, 0.05) is 18.4 Å². The number of hydrogen-bond acceptors (Lipinski definition) is 4. The molecule has 0 radical (unpaired) electrons. The largest absolute Gasteiger partial charge is 0.474 e. The maximum atomic E-state index is 9.10. The highest BCUT2D eigenvalue weighted by Gasteiger charge is 2.22. The van der Waals surface area contributed by atoms with E-state index in [4.69, 9.17) is 9.84 Å². The minimum atomic E-state index is 0.247. The number of aliphatic hydroxyl groups is 1. The predicted molar refractivity (Wildman–Crippen MR) is 69.5 cm³/mol. The summed E-state index contributed by atoms with van der Waals surface area (Å²) in [7, 11) is 0. The lowest BCUT2D eigenvalue weighted by Gasteiger charge is -2.27. The van der Waals surface area contributed by atoms with Crippen molar-refractivity contribution >= 4 is 0 Å². The van der Waals surface area contributed by atoms with E-state index in [0.29, 0.717) is 18.4 Å². The number of nitrogens with zero attached hydrogens (tertiary/aromatic N) is 2. The third-order valence-electron chi connectivity index (χ3n) is 3.54. The molecule has 1 N–H and O–H groups in total. The summed E-state index contributed by atoms with van der Waals surface area (Å²) in [4.78, 5) is 8.40. The molecule has 0 atom stereocenters. The quantitative estimate of drug-likeness (QED) is 0.871. The normalized spacial score (nSPS) is 23.9. The maximum absolute atomic E-state index is 9.10. The number of rotatable bonds is 5. The van der Waals surface area contributed by atoms with Crippen molar-refractivity contribution in [1.82, 2.24) is 9.97 Å². The van der Waals surface area contributed by atoms with Crippen molar-refractivity contribution in [3.8, 4) is 5.88 Å². The Labute approximate surface area is 108 Å². The van der Waals surface area contributed by atoms with E-state index in [1.807, 2.05) is 6.07 Å². The van der Waals surface area contributed by atoms with Crippen LogP contribution in [0.15, 0.2) is 12.4 Å². The van der Waals surface area contributed by atoms with E-state index in [1.165, 1.54) is 0 Å². The lowest BCUT2D eigenvalue weighted by molar-refractivity contribution is 0.100. The molecule has 1 fully saturated rings. The van der Waals surface area contributed by atoms with Gasteiger partial charge in [-0.05, 0) is 38.0 Å². The Morgan fingerprint density at radius 3 is 2.72 bits per heavy atom. The molecule has 0 bridgehead atoms. The Hall–Kier alpha value is -1.16. The second-order valence-electron chi connectivity index (χ2n) is 5.04. The van der Waals surface area contributed by atoms with Gasteiger partial charge in [-0.3, -0.25) is 0 Å². The van der Waals surface area contributed by atoms with Gasteiger partial charge in [-0.1, -0.05) is 13.3 Å². The van der Waals surface area contributed by atoms with Gasteiger partial charge in [-0.2, -0.15) is 0 Å². The first-order valence-electron chi connectivity index (χ1n) is 6.90. The number of aliphatic hydroxyl groups excluding tert-OH is 1. The monoisotopic (exact) mass is 250 g/mol. The summed E-state index contributed by atoms with van der Waals surface area (Å²) in [6, 6.07) is 1.95. The fraction of sp³-hybridized carbons (Fsp3) is 0.714. The first-order valence-corrected chi connectivity index (χ1v) is 6.90. The molecule has 1 heterocycles. The first kappa shape index (κ1) is 13.3. The standard InChI is InChI=1S/C14H22N2O2/c1-2-3-12-8-14(16-10-15-12)18-13-6-4-11(9-17)5-7-13/h8,10-11,13,17H,2-7,9H2,1H3. The van der Waals surface area contributed by atoms with Crippen LogP contribution in [0.4, 0.5) is 0 Å². The van der Waals surface area contributed by atoms with Gasteiger partial charge in [-0.25, -0.2) is 9.97 Å². The maximum Gasteiger partial charge on any atom is 0.216 e. The van der Waals surface area contributed by atoms with E-state index in [9.17, 15) is 0 Å². The molecule has 4 nitrogen and oxygen atoms in total. The highest BCUT2D eigenvalue weighted by Crippen LogP contribution is 2.26. The molecular weight excluding hydrogens is 228 g/mol. The summed E-state index contributed by atoms with van der Waals surface area (Å²) in [5.41, 5.74) is 1.05. The first-order chi connectivity index (χ1) is 8.81. The summed E-state index contributed by atoms with van der Waals surface area (Å²) in [5, 5.41) is 9.10. The van der Waals surface area contributed by atoms with Gasteiger partial charge in [0.1, 0.15) is 12.4 Å². The number of aromatic nitrogens is 2. The van der Waals surface area contributed by atoms with Crippen LogP contribution in [0.1, 0.15) is 44.7 Å². The van der Waals surface area contributed by atoms with Crippen molar-refractivity contribution in [3.05, 3.63) is 18.1 Å². The fourth-order valence-electron chi connectivity index (χ4n) is 2.44. The second-order valence-corrected chi connectivity index (χ2v) is 5.04. The van der Waals surface area contributed by atoms with E-state index >= 15 is 0 Å². The molecule has 0 spiro atoms. The number of hydrogen-bond donors (Lipinski definition) is 1. The van der Waals surface area contributed by atoms with Crippen molar-refractivity contribution in [1.29, 1.82) is 0 Å². The van der Waals surface area contributed by atoms with Gasteiger partial charge in [0.25, 0.3) is 0 Å². The number of aryl methyl sites for hydroxylation is 1. The highest BCUT2D eigenvalue weighted by molar-refractivity contribution is 5.14. The molecule has 1 aliphatic rings. The lowest BCUT2D eigenvalue weighted by Crippen LogP contribution is -2.25. The molecule has 0 amide bonds. The van der Waals surface area contributed by atoms with Gasteiger partial charge in [0.2, 0.25) is 5.88 Å². The van der Waals surface area contributed by atoms with Crippen LogP contribution in [0.25, 0.3) is 0 Å². The summed E-state index contributed by atoms with van der Waals surface area (Å²) in [6.45, 7) is 2.44. The van der Waals surface area contributed by atoms with Crippen LogP contribution in [0.2, 0.25) is 0 Å². The smallest absolute Gasteiger partial charge is 0.216 e. The molecule has 0 aliphatic heterocycles. The van der Waals surface area contributed by atoms with E-state index in [2.05, 4.69) is 16.9 Å². The van der Waals surface area contributed by atoms with Gasteiger partial charge >= 0.3 is 0 Å². The molecule has 4 heteroatoms. The SMILES string of the molecule is CCCc1cc(OC2CCC(CO)CC2)ncn1. The van der Waals surface area contributed by atoms with E-state index < -0.39 is 0 Å². The number of ether oxygens (including phenoxy) is 1. The minimum absolute atomic E-state index is 0.247. The van der Waals surface area contributed by atoms with Crippen molar-refractivity contribution in [2.45, 2.75) is 51.6 Å². The average molecular weight is 250 g/mol. The van der Waals surface area contributed by atoms with Crippen LogP contribution in [0.3, 0.4) is 0 Å². The summed E-state index contributed by atoms with van der Waals surface area (Å²) < 4.78 is 5.90. The van der Waals surface area contributed by atoms with Crippen LogP contribution >= 0.6 is 0 Å². The van der Waals surface area contributed by atoms with E-state index in [1.54, 1.807) is 6.33 Å². The Bertz CT molecular complexity index is 363. The molecule has 18 heavy (non-hydrogen) atoms. The molecule has 1 aromatic rings. The average Bonchev–Trinajstić information content (AvgIpc) is 2.40. The van der Waals surface area contributed by atoms with Gasteiger partial charge in [0.15, 0.2) is 0 Å². The van der Waals surface area contributed by atoms with Crippen LogP contribution in [-0.4, -0.2) is 27.8 Å². The van der Waals surface area contributed by atoms with E-state index in [0.717, 1.165) is 44.2 Å². The van der Waals surface area contributed by atoms with Crippen LogP contribution in [0.5, 0.6) is 5.88 Å². The molecule has 1 aromatic heterocycles. The van der Waals surface area contributed by atoms with Crippen LogP contribution < -0.4 is 4.74 Å². The summed E-state index contributed by atoms with van der Waals surface area (Å²) in [6.07, 6.45) is 8.00. The van der Waals surface area contributed by atoms with Crippen molar-refractivity contribution in [2.24, 2.45) is 5.92 Å². The lowest BCUT2D eigenvalue weighted by atomic mass is 9.88. The minimum Gasteiger partial charge on any atom is -0.474 e. The zero-order valence-corrected chi connectivity index (χ0v) is 11.0. The molecule has 1 aliphatic carbocycles. The van der Waals surface area contributed by atoms with Gasteiger partial charge < -0.3 is 9.84 Å². The Balaban J connectivity index is 1.87. The van der Waals surface area contributed by atoms with Crippen LogP contribution in [-0.2, 0) is 6.42 Å². The predicted octanol–water partition coefficient (Wildman–Crippen LogP) is 2.36. The molecule has 100 valence electrons. The van der Waals surface area contributed by atoms with Crippen molar-refractivity contribution in [3.63, 3.8) is 0 Å². The van der Waals surface area contributed by atoms with Crippen LogP contribution in [0, 0.1) is 5.92 Å². The zero-order valence-electron chi connectivity index (χ0n) is 11.0.